The van der Waals surface area contributed by atoms with Crippen LogP contribution in [0.25, 0.3) is 0 Å². The summed E-state index contributed by atoms with van der Waals surface area (Å²) in [5.74, 6) is 0.838. The molecular formula is C15H22BrN. The van der Waals surface area contributed by atoms with Crippen molar-refractivity contribution in [3.63, 3.8) is 0 Å². The van der Waals surface area contributed by atoms with E-state index < -0.39 is 0 Å². The second kappa shape index (κ2) is 5.11. The fourth-order valence-corrected chi connectivity index (χ4v) is 2.96. The van der Waals surface area contributed by atoms with E-state index in [4.69, 9.17) is 0 Å². The van der Waals surface area contributed by atoms with E-state index in [0.717, 1.165) is 12.5 Å². The second-order valence-electron chi connectivity index (χ2n) is 6.18. The number of halogens is 1. The topological polar surface area (TPSA) is 3.24 Å². The zero-order valence-corrected chi connectivity index (χ0v) is 12.6. The Morgan fingerprint density at radius 2 is 2.00 bits per heavy atom. The standard InChI is InChI=1S/C15H22BrN/c1-15(2,3)13-8-9-17(11-13)10-12-6-4-5-7-14(12)16/h4-7,13H,8-11H2,1-3H3. The van der Waals surface area contributed by atoms with Crippen LogP contribution >= 0.6 is 15.9 Å². The first-order valence-corrected chi connectivity index (χ1v) is 7.22. The Hall–Kier alpha value is -0.340. The van der Waals surface area contributed by atoms with Gasteiger partial charge >= 0.3 is 0 Å². The van der Waals surface area contributed by atoms with Gasteiger partial charge in [0.2, 0.25) is 0 Å². The summed E-state index contributed by atoms with van der Waals surface area (Å²) in [4.78, 5) is 2.58. The van der Waals surface area contributed by atoms with Crippen molar-refractivity contribution in [2.45, 2.75) is 33.7 Å². The van der Waals surface area contributed by atoms with E-state index in [1.807, 2.05) is 0 Å². The minimum atomic E-state index is 0.447. The summed E-state index contributed by atoms with van der Waals surface area (Å²) in [7, 11) is 0. The minimum absolute atomic E-state index is 0.447. The van der Waals surface area contributed by atoms with E-state index in [1.54, 1.807) is 0 Å². The van der Waals surface area contributed by atoms with Crippen molar-refractivity contribution in [3.05, 3.63) is 34.3 Å². The van der Waals surface area contributed by atoms with Gasteiger partial charge in [-0.25, -0.2) is 0 Å². The number of benzene rings is 1. The summed E-state index contributed by atoms with van der Waals surface area (Å²) in [5.41, 5.74) is 1.85. The predicted molar refractivity (Wildman–Crippen MR) is 77.0 cm³/mol. The lowest BCUT2D eigenvalue weighted by Crippen LogP contribution is -2.25. The third-order valence-electron chi connectivity index (χ3n) is 3.85. The molecule has 0 radical (unpaired) electrons. The molecule has 0 spiro atoms. The van der Waals surface area contributed by atoms with Gasteiger partial charge in [-0.3, -0.25) is 4.90 Å². The Balaban J connectivity index is 1.97. The summed E-state index contributed by atoms with van der Waals surface area (Å²) >= 11 is 3.63. The van der Waals surface area contributed by atoms with Gasteiger partial charge in [0, 0.05) is 17.6 Å². The molecule has 2 rings (SSSR count). The Labute approximate surface area is 113 Å². The van der Waals surface area contributed by atoms with E-state index in [1.165, 1.54) is 29.5 Å². The summed E-state index contributed by atoms with van der Waals surface area (Å²) in [6, 6.07) is 8.55. The van der Waals surface area contributed by atoms with Gasteiger partial charge in [-0.15, -0.1) is 0 Å². The smallest absolute Gasteiger partial charge is 0.0245 e. The largest absolute Gasteiger partial charge is 0.299 e. The molecule has 0 saturated carbocycles. The lowest BCUT2D eigenvalue weighted by atomic mass is 9.80. The van der Waals surface area contributed by atoms with Crippen LogP contribution in [0.3, 0.4) is 0 Å². The fourth-order valence-electron chi connectivity index (χ4n) is 2.55. The highest BCUT2D eigenvalue weighted by molar-refractivity contribution is 9.10. The number of hydrogen-bond acceptors (Lipinski definition) is 1. The molecule has 17 heavy (non-hydrogen) atoms. The second-order valence-corrected chi connectivity index (χ2v) is 7.03. The van der Waals surface area contributed by atoms with E-state index in [0.29, 0.717) is 5.41 Å². The van der Waals surface area contributed by atoms with E-state index in [2.05, 4.69) is 65.9 Å². The maximum atomic E-state index is 3.63. The molecule has 0 N–H and O–H groups in total. The van der Waals surface area contributed by atoms with Gasteiger partial charge in [-0.05, 0) is 35.9 Å². The molecule has 1 unspecified atom stereocenters. The zero-order valence-electron chi connectivity index (χ0n) is 11.0. The molecule has 2 heteroatoms. The van der Waals surface area contributed by atoms with Gasteiger partial charge in [-0.1, -0.05) is 54.9 Å². The van der Waals surface area contributed by atoms with Gasteiger partial charge in [0.1, 0.15) is 0 Å². The Bertz CT molecular complexity index is 381. The molecule has 0 aliphatic carbocycles. The zero-order chi connectivity index (χ0) is 12.5. The quantitative estimate of drug-likeness (QED) is 0.785. The van der Waals surface area contributed by atoms with Crippen LogP contribution in [0, 0.1) is 11.3 Å². The van der Waals surface area contributed by atoms with Crippen LogP contribution < -0.4 is 0 Å². The van der Waals surface area contributed by atoms with Crippen LogP contribution in [0.15, 0.2) is 28.7 Å². The van der Waals surface area contributed by atoms with Crippen molar-refractivity contribution in [1.29, 1.82) is 0 Å². The molecule has 1 aliphatic heterocycles. The van der Waals surface area contributed by atoms with Gasteiger partial charge in [0.15, 0.2) is 0 Å². The highest BCUT2D eigenvalue weighted by Crippen LogP contribution is 2.34. The SMILES string of the molecule is CC(C)(C)C1CCN(Cc2ccccc2Br)C1. The minimum Gasteiger partial charge on any atom is -0.299 e. The Morgan fingerprint density at radius 1 is 1.29 bits per heavy atom. The molecule has 0 amide bonds. The van der Waals surface area contributed by atoms with E-state index in [9.17, 15) is 0 Å². The first-order chi connectivity index (χ1) is 7.97. The lowest BCUT2D eigenvalue weighted by molar-refractivity contribution is 0.226. The molecule has 0 bridgehead atoms. The molecule has 1 aliphatic rings. The summed E-state index contributed by atoms with van der Waals surface area (Å²) < 4.78 is 1.24. The molecule has 1 saturated heterocycles. The third kappa shape index (κ3) is 3.32. The molecule has 1 fully saturated rings. The summed E-state index contributed by atoms with van der Waals surface area (Å²) in [6.07, 6.45) is 1.34. The van der Waals surface area contributed by atoms with Crippen molar-refractivity contribution in [1.82, 2.24) is 4.90 Å². The van der Waals surface area contributed by atoms with Crippen molar-refractivity contribution >= 4 is 15.9 Å². The van der Waals surface area contributed by atoms with Crippen LogP contribution in [0.2, 0.25) is 0 Å². The van der Waals surface area contributed by atoms with Crippen molar-refractivity contribution in [3.8, 4) is 0 Å². The number of hydrogen-bond donors (Lipinski definition) is 0. The van der Waals surface area contributed by atoms with E-state index in [-0.39, 0.29) is 0 Å². The molecule has 1 nitrogen and oxygen atoms in total. The maximum absolute atomic E-state index is 3.63. The number of rotatable bonds is 2. The van der Waals surface area contributed by atoms with Gasteiger partial charge in [0.05, 0.1) is 0 Å². The molecule has 0 aromatic heterocycles. The highest BCUT2D eigenvalue weighted by atomic mass is 79.9. The normalized spacial score (nSPS) is 22.0. The summed E-state index contributed by atoms with van der Waals surface area (Å²) in [5, 5.41) is 0. The average molecular weight is 296 g/mol. The van der Waals surface area contributed by atoms with E-state index >= 15 is 0 Å². The van der Waals surface area contributed by atoms with Gasteiger partial charge < -0.3 is 0 Å². The third-order valence-corrected chi connectivity index (χ3v) is 4.62. The number of likely N-dealkylation sites (tertiary alicyclic amines) is 1. The Kier molecular flexibility index (Phi) is 3.94. The highest BCUT2D eigenvalue weighted by Gasteiger charge is 2.31. The van der Waals surface area contributed by atoms with Crippen LogP contribution in [0.4, 0.5) is 0 Å². The fraction of sp³-hybridized carbons (Fsp3) is 0.600. The van der Waals surface area contributed by atoms with Gasteiger partial charge in [-0.2, -0.15) is 0 Å². The van der Waals surface area contributed by atoms with Crippen molar-refractivity contribution in [2.75, 3.05) is 13.1 Å². The van der Waals surface area contributed by atoms with Crippen molar-refractivity contribution in [2.24, 2.45) is 11.3 Å². The lowest BCUT2D eigenvalue weighted by Gasteiger charge is -2.27. The average Bonchev–Trinajstić information content (AvgIpc) is 2.69. The van der Waals surface area contributed by atoms with Crippen LogP contribution in [0.5, 0.6) is 0 Å². The van der Waals surface area contributed by atoms with Crippen LogP contribution in [0.1, 0.15) is 32.8 Å². The first kappa shape index (κ1) is 13.1. The monoisotopic (exact) mass is 295 g/mol. The molecule has 1 atom stereocenters. The molecular weight excluding hydrogens is 274 g/mol. The van der Waals surface area contributed by atoms with Crippen LogP contribution in [-0.4, -0.2) is 18.0 Å². The molecule has 94 valence electrons. The van der Waals surface area contributed by atoms with Gasteiger partial charge in [0.25, 0.3) is 0 Å². The van der Waals surface area contributed by atoms with Crippen LogP contribution in [-0.2, 0) is 6.54 Å². The predicted octanol–water partition coefficient (Wildman–Crippen LogP) is 4.32. The molecule has 1 aromatic rings. The maximum Gasteiger partial charge on any atom is 0.0245 e. The van der Waals surface area contributed by atoms with Crippen molar-refractivity contribution < 1.29 is 0 Å². The molecule has 1 aromatic carbocycles. The molecule has 1 heterocycles. The summed E-state index contributed by atoms with van der Waals surface area (Å²) in [6.45, 7) is 10.6. The number of nitrogens with zero attached hydrogens (tertiary/aromatic N) is 1. The first-order valence-electron chi connectivity index (χ1n) is 6.42. The Morgan fingerprint density at radius 3 is 2.59 bits per heavy atom.